The number of anilines is 1. The summed E-state index contributed by atoms with van der Waals surface area (Å²) in [6, 6.07) is 3.30. The van der Waals surface area contributed by atoms with Gasteiger partial charge in [-0.2, -0.15) is 13.2 Å². The maximum atomic E-state index is 13.8. The number of carbonyl (C=O) groups excluding carboxylic acids is 1. The van der Waals surface area contributed by atoms with E-state index >= 15 is 0 Å². The molecule has 0 aromatic carbocycles. The molecule has 3 N–H and O–H groups in total. The molecular formula is C24H27F3N6O3. The molecule has 0 saturated carbocycles. The number of H-pyrrole nitrogens is 1. The Morgan fingerprint density at radius 2 is 2.00 bits per heavy atom. The molecule has 0 bridgehead atoms. The summed E-state index contributed by atoms with van der Waals surface area (Å²) in [5, 5.41) is 13.1. The summed E-state index contributed by atoms with van der Waals surface area (Å²) in [6.45, 7) is 7.33. The van der Waals surface area contributed by atoms with Crippen LogP contribution in [0.25, 0.3) is 11.0 Å². The van der Waals surface area contributed by atoms with Gasteiger partial charge < -0.3 is 20.3 Å². The van der Waals surface area contributed by atoms with Crippen molar-refractivity contribution in [3.63, 3.8) is 0 Å². The van der Waals surface area contributed by atoms with Gasteiger partial charge in [0.15, 0.2) is 11.3 Å². The number of aryl methyl sites for hydroxylation is 1. The Morgan fingerprint density at radius 1 is 1.28 bits per heavy atom. The minimum Gasteiger partial charge on any atom is -0.390 e. The Bertz CT molecular complexity index is 1350. The van der Waals surface area contributed by atoms with Gasteiger partial charge in [-0.25, -0.2) is 15.0 Å². The highest BCUT2D eigenvalue weighted by molar-refractivity contribution is 5.92. The van der Waals surface area contributed by atoms with Gasteiger partial charge in [0.25, 0.3) is 11.5 Å². The highest BCUT2D eigenvalue weighted by Crippen LogP contribution is 2.35. The lowest BCUT2D eigenvalue weighted by molar-refractivity contribution is -0.141. The van der Waals surface area contributed by atoms with Gasteiger partial charge in [-0.1, -0.05) is 0 Å². The SMILES string of the molecule is Cc1nc2nc(C(F)(F)F)c([C@H](C)Nc3ccc(C(=O)N4CCC(C(C)(C)O)C4)nc3)cc2c(=O)[nH]1. The lowest BCUT2D eigenvalue weighted by Crippen LogP contribution is -2.35. The number of nitrogens with zero attached hydrogens (tertiary/aromatic N) is 4. The zero-order chi connectivity index (χ0) is 26.4. The van der Waals surface area contributed by atoms with E-state index in [1.807, 2.05) is 0 Å². The Labute approximate surface area is 204 Å². The van der Waals surface area contributed by atoms with Crippen molar-refractivity contribution in [3.8, 4) is 0 Å². The van der Waals surface area contributed by atoms with Crippen LogP contribution in [0.5, 0.6) is 0 Å². The van der Waals surface area contributed by atoms with Gasteiger partial charge in [0.05, 0.1) is 28.9 Å². The highest BCUT2D eigenvalue weighted by atomic mass is 19.4. The molecule has 4 heterocycles. The van der Waals surface area contributed by atoms with Gasteiger partial charge in [0, 0.05) is 24.6 Å². The second-order valence-electron chi connectivity index (χ2n) is 9.64. The summed E-state index contributed by atoms with van der Waals surface area (Å²) in [7, 11) is 0. The standard InChI is InChI=1S/C24H27F3N6O3/c1-12(16-9-17-20(30-13(2)31-21(17)34)32-19(16)24(25,26)27)29-15-5-6-18(28-10-15)22(35)33-8-7-14(11-33)23(3,4)36/h5-6,9-10,12,14,29,36H,7-8,11H2,1-4H3,(H,30,31,32,34)/t12-,14?/m0/s1. The molecule has 3 aromatic rings. The lowest BCUT2D eigenvalue weighted by atomic mass is 9.90. The van der Waals surface area contributed by atoms with Gasteiger partial charge in [0.1, 0.15) is 11.5 Å². The number of carbonyl (C=O) groups is 1. The number of halogens is 3. The van der Waals surface area contributed by atoms with E-state index in [2.05, 4.69) is 25.3 Å². The number of aliphatic hydroxyl groups is 1. The molecule has 36 heavy (non-hydrogen) atoms. The minimum absolute atomic E-state index is 0.0343. The fourth-order valence-corrected chi connectivity index (χ4v) is 4.36. The molecule has 1 aliphatic rings. The Hall–Kier alpha value is -3.54. The second kappa shape index (κ2) is 9.16. The molecule has 4 rings (SSSR count). The number of hydrogen-bond acceptors (Lipinski definition) is 7. The lowest BCUT2D eigenvalue weighted by Gasteiger charge is -2.25. The van der Waals surface area contributed by atoms with Crippen LogP contribution >= 0.6 is 0 Å². The minimum atomic E-state index is -4.76. The monoisotopic (exact) mass is 504 g/mol. The van der Waals surface area contributed by atoms with Crippen molar-refractivity contribution in [1.29, 1.82) is 0 Å². The topological polar surface area (TPSA) is 124 Å². The maximum absolute atomic E-state index is 13.8. The molecule has 1 fully saturated rings. The number of hydrogen-bond donors (Lipinski definition) is 3. The van der Waals surface area contributed by atoms with Crippen LogP contribution in [0.4, 0.5) is 18.9 Å². The predicted molar refractivity (Wildman–Crippen MR) is 126 cm³/mol. The Morgan fingerprint density at radius 3 is 2.58 bits per heavy atom. The van der Waals surface area contributed by atoms with E-state index in [0.29, 0.717) is 25.2 Å². The largest absolute Gasteiger partial charge is 0.433 e. The van der Waals surface area contributed by atoms with Crippen molar-refractivity contribution in [3.05, 3.63) is 57.5 Å². The van der Waals surface area contributed by atoms with E-state index in [9.17, 15) is 27.9 Å². The van der Waals surface area contributed by atoms with Crippen LogP contribution < -0.4 is 10.9 Å². The van der Waals surface area contributed by atoms with Crippen LogP contribution in [0.1, 0.15) is 60.8 Å². The van der Waals surface area contributed by atoms with E-state index < -0.39 is 29.1 Å². The third-order valence-corrected chi connectivity index (χ3v) is 6.42. The molecule has 192 valence electrons. The van der Waals surface area contributed by atoms with Crippen LogP contribution in [-0.2, 0) is 6.18 Å². The molecule has 3 aromatic heterocycles. The number of amides is 1. The number of aromatic amines is 1. The van der Waals surface area contributed by atoms with E-state index in [0.717, 1.165) is 6.07 Å². The first-order valence-electron chi connectivity index (χ1n) is 11.5. The van der Waals surface area contributed by atoms with E-state index in [1.54, 1.807) is 24.8 Å². The average molecular weight is 505 g/mol. The number of rotatable bonds is 5. The van der Waals surface area contributed by atoms with Gasteiger partial charge in [0.2, 0.25) is 0 Å². The summed E-state index contributed by atoms with van der Waals surface area (Å²) in [5.74, 6) is -0.147. The van der Waals surface area contributed by atoms with Gasteiger partial charge in [-0.3, -0.25) is 9.59 Å². The maximum Gasteiger partial charge on any atom is 0.433 e. The molecule has 9 nitrogen and oxygen atoms in total. The van der Waals surface area contributed by atoms with E-state index in [1.165, 1.54) is 26.1 Å². The number of pyridine rings is 2. The normalized spacial score (nSPS) is 17.4. The van der Waals surface area contributed by atoms with Crippen molar-refractivity contribution < 1.29 is 23.1 Å². The molecule has 2 atom stereocenters. The zero-order valence-electron chi connectivity index (χ0n) is 20.3. The molecule has 1 amide bonds. The smallest absolute Gasteiger partial charge is 0.390 e. The first-order valence-corrected chi connectivity index (χ1v) is 11.5. The molecule has 12 heteroatoms. The Kier molecular flexibility index (Phi) is 6.50. The zero-order valence-corrected chi connectivity index (χ0v) is 20.3. The summed E-state index contributed by atoms with van der Waals surface area (Å²) in [5.41, 5.74) is -2.52. The van der Waals surface area contributed by atoms with Crippen molar-refractivity contribution in [2.75, 3.05) is 18.4 Å². The van der Waals surface area contributed by atoms with E-state index in [-0.39, 0.29) is 39.9 Å². The van der Waals surface area contributed by atoms with Crippen LogP contribution in [0.2, 0.25) is 0 Å². The second-order valence-corrected chi connectivity index (χ2v) is 9.64. The number of aromatic nitrogens is 4. The molecule has 1 saturated heterocycles. The van der Waals surface area contributed by atoms with Gasteiger partial charge in [-0.15, -0.1) is 0 Å². The third-order valence-electron chi connectivity index (χ3n) is 6.42. The number of alkyl halides is 3. The number of fused-ring (bicyclic) bond motifs is 1. The quantitative estimate of drug-likeness (QED) is 0.486. The van der Waals surface area contributed by atoms with Crippen LogP contribution in [-0.4, -0.2) is 54.5 Å². The molecule has 0 radical (unpaired) electrons. The fourth-order valence-electron chi connectivity index (χ4n) is 4.36. The summed E-state index contributed by atoms with van der Waals surface area (Å²) in [4.78, 5) is 40.9. The van der Waals surface area contributed by atoms with Crippen molar-refractivity contribution in [2.45, 2.75) is 51.9 Å². The summed E-state index contributed by atoms with van der Waals surface area (Å²) in [6.07, 6.45) is -2.71. The van der Waals surface area contributed by atoms with Gasteiger partial charge in [-0.05, 0) is 52.3 Å². The first kappa shape index (κ1) is 25.5. The first-order chi connectivity index (χ1) is 16.7. The van der Waals surface area contributed by atoms with Crippen LogP contribution in [0.15, 0.2) is 29.2 Å². The van der Waals surface area contributed by atoms with E-state index in [4.69, 9.17) is 0 Å². The molecular weight excluding hydrogens is 477 g/mol. The Balaban J connectivity index is 1.56. The van der Waals surface area contributed by atoms with Crippen LogP contribution in [0.3, 0.4) is 0 Å². The predicted octanol–water partition coefficient (Wildman–Crippen LogP) is 3.45. The molecule has 0 spiro atoms. The summed E-state index contributed by atoms with van der Waals surface area (Å²) >= 11 is 0. The molecule has 1 unspecified atom stereocenters. The third kappa shape index (κ3) is 5.18. The van der Waals surface area contributed by atoms with Gasteiger partial charge >= 0.3 is 6.18 Å². The fraction of sp³-hybridized carbons (Fsp3) is 0.458. The average Bonchev–Trinajstić information content (AvgIpc) is 3.28. The molecule has 0 aliphatic carbocycles. The van der Waals surface area contributed by atoms with Crippen molar-refractivity contribution in [2.24, 2.45) is 5.92 Å². The van der Waals surface area contributed by atoms with Crippen LogP contribution in [0, 0.1) is 12.8 Å². The number of nitrogens with one attached hydrogen (secondary N) is 2. The highest BCUT2D eigenvalue weighted by Gasteiger charge is 2.38. The summed E-state index contributed by atoms with van der Waals surface area (Å²) < 4.78 is 41.4. The number of likely N-dealkylation sites (tertiary alicyclic amines) is 1. The van der Waals surface area contributed by atoms with Crippen molar-refractivity contribution >= 4 is 22.6 Å². The molecule has 1 aliphatic heterocycles. The van der Waals surface area contributed by atoms with Crippen molar-refractivity contribution in [1.82, 2.24) is 24.8 Å².